The van der Waals surface area contributed by atoms with Crippen LogP contribution in [0.5, 0.6) is 0 Å². The van der Waals surface area contributed by atoms with Crippen LogP contribution in [0.1, 0.15) is 10.5 Å². The van der Waals surface area contributed by atoms with E-state index in [0.29, 0.717) is 18.9 Å². The maximum absolute atomic E-state index is 12.5. The third-order valence-electron chi connectivity index (χ3n) is 4.18. The second-order valence-electron chi connectivity index (χ2n) is 6.06. The number of benzene rings is 1. The van der Waals surface area contributed by atoms with Gasteiger partial charge in [0.15, 0.2) is 5.69 Å². The molecule has 0 bridgehead atoms. The van der Waals surface area contributed by atoms with Gasteiger partial charge in [-0.05, 0) is 6.07 Å². The number of ether oxygens (including phenoxy) is 1. The molecule has 0 aliphatic carbocycles. The van der Waals surface area contributed by atoms with Gasteiger partial charge in [-0.3, -0.25) is 9.89 Å². The largest absolute Gasteiger partial charge is 0.379 e. The molecule has 2 N–H and O–H groups in total. The van der Waals surface area contributed by atoms with Crippen LogP contribution in [0.15, 0.2) is 24.3 Å². The fraction of sp³-hybridized carbons (Fsp3) is 0.467. The van der Waals surface area contributed by atoms with Crippen molar-refractivity contribution >= 4 is 26.8 Å². The topological polar surface area (TPSA) is 104 Å². The zero-order chi connectivity index (χ0) is 17.3. The van der Waals surface area contributed by atoms with Crippen molar-refractivity contribution in [3.63, 3.8) is 0 Å². The smallest absolute Gasteiger partial charge is 0.272 e. The van der Waals surface area contributed by atoms with Gasteiger partial charge in [0.25, 0.3) is 5.91 Å². The van der Waals surface area contributed by atoms with Crippen molar-refractivity contribution in [3.8, 4) is 0 Å². The van der Waals surface area contributed by atoms with Gasteiger partial charge in [-0.25, -0.2) is 12.7 Å². The number of hydrogen-bond donors (Lipinski definition) is 2. The Balaban J connectivity index is 1.74. The van der Waals surface area contributed by atoms with Gasteiger partial charge in [0.05, 0.1) is 30.5 Å². The first kappa shape index (κ1) is 16.9. The number of hydrogen-bond acceptors (Lipinski definition) is 5. The number of carbonyl (C=O) groups is 1. The molecule has 0 unspecified atom stereocenters. The lowest BCUT2D eigenvalue weighted by atomic mass is 10.1. The van der Waals surface area contributed by atoms with Crippen molar-refractivity contribution in [1.82, 2.24) is 19.8 Å². The molecule has 130 valence electrons. The number of sulfonamides is 1. The van der Waals surface area contributed by atoms with Crippen molar-refractivity contribution < 1.29 is 17.9 Å². The maximum atomic E-state index is 12.5. The number of para-hydroxylation sites is 1. The first-order valence-corrected chi connectivity index (χ1v) is 9.21. The Bertz CT molecular complexity index is 846. The van der Waals surface area contributed by atoms with E-state index in [1.807, 2.05) is 24.3 Å². The maximum Gasteiger partial charge on any atom is 0.272 e. The third kappa shape index (κ3) is 3.28. The fourth-order valence-electron chi connectivity index (χ4n) is 2.72. The molecule has 1 aliphatic heterocycles. The highest BCUT2D eigenvalue weighted by Gasteiger charge is 2.34. The third-order valence-corrected chi connectivity index (χ3v) is 6.14. The summed E-state index contributed by atoms with van der Waals surface area (Å²) in [7, 11) is -0.369. The molecule has 2 aromatic rings. The molecule has 0 spiro atoms. The van der Waals surface area contributed by atoms with Crippen LogP contribution in [0.25, 0.3) is 10.9 Å². The van der Waals surface area contributed by atoms with E-state index in [1.54, 1.807) is 0 Å². The molecule has 1 fully saturated rings. The summed E-state index contributed by atoms with van der Waals surface area (Å²) in [4.78, 5) is 12.5. The van der Waals surface area contributed by atoms with Gasteiger partial charge in [-0.1, -0.05) is 18.2 Å². The number of amides is 1. The second kappa shape index (κ2) is 6.50. The van der Waals surface area contributed by atoms with Crippen LogP contribution in [0.3, 0.4) is 0 Å². The SMILES string of the molecule is CN(C)S(=O)(=O)C[C@@H]1COC[C@H]1NC(=O)c1n[nH]c2ccccc12. The number of nitrogens with zero attached hydrogens (tertiary/aromatic N) is 2. The quantitative estimate of drug-likeness (QED) is 0.800. The first-order valence-electron chi connectivity index (χ1n) is 7.60. The summed E-state index contributed by atoms with van der Waals surface area (Å²) in [5, 5.41) is 10.5. The fourth-order valence-corrected chi connectivity index (χ4v) is 3.88. The Labute approximate surface area is 140 Å². The molecule has 1 amide bonds. The summed E-state index contributed by atoms with van der Waals surface area (Å²) in [6, 6.07) is 6.98. The molecular formula is C15H20N4O4S. The molecule has 1 aromatic heterocycles. The lowest BCUT2D eigenvalue weighted by Crippen LogP contribution is -2.43. The van der Waals surface area contributed by atoms with Crippen LogP contribution in [0.2, 0.25) is 0 Å². The number of H-pyrrole nitrogens is 1. The lowest BCUT2D eigenvalue weighted by Gasteiger charge is -2.20. The average Bonchev–Trinajstić information content (AvgIpc) is 3.13. The molecule has 3 rings (SSSR count). The zero-order valence-electron chi connectivity index (χ0n) is 13.5. The highest BCUT2D eigenvalue weighted by atomic mass is 32.2. The Morgan fingerprint density at radius 1 is 1.38 bits per heavy atom. The van der Waals surface area contributed by atoms with Crippen LogP contribution >= 0.6 is 0 Å². The highest BCUT2D eigenvalue weighted by Crippen LogP contribution is 2.19. The van der Waals surface area contributed by atoms with Crippen molar-refractivity contribution in [2.24, 2.45) is 5.92 Å². The van der Waals surface area contributed by atoms with Gasteiger partial charge in [-0.15, -0.1) is 0 Å². The number of nitrogens with one attached hydrogen (secondary N) is 2. The number of carbonyl (C=O) groups excluding carboxylic acids is 1. The van der Waals surface area contributed by atoms with Gasteiger partial charge in [-0.2, -0.15) is 5.10 Å². The van der Waals surface area contributed by atoms with Gasteiger partial charge in [0.2, 0.25) is 10.0 Å². The predicted octanol–water partition coefficient (Wildman–Crippen LogP) is 0.199. The molecule has 2 atom stereocenters. The van der Waals surface area contributed by atoms with E-state index in [0.717, 1.165) is 10.9 Å². The van der Waals surface area contributed by atoms with E-state index in [2.05, 4.69) is 15.5 Å². The van der Waals surface area contributed by atoms with Crippen LogP contribution < -0.4 is 5.32 Å². The highest BCUT2D eigenvalue weighted by molar-refractivity contribution is 7.89. The van der Waals surface area contributed by atoms with Crippen LogP contribution in [0, 0.1) is 5.92 Å². The summed E-state index contributed by atoms with van der Waals surface area (Å²) in [6.07, 6.45) is 0. The van der Waals surface area contributed by atoms with Crippen LogP contribution in [-0.2, 0) is 14.8 Å². The minimum atomic E-state index is -3.36. The Morgan fingerprint density at radius 3 is 2.88 bits per heavy atom. The molecule has 9 heteroatoms. The first-order chi connectivity index (χ1) is 11.4. The minimum Gasteiger partial charge on any atom is -0.379 e. The van der Waals surface area contributed by atoms with E-state index < -0.39 is 10.0 Å². The van der Waals surface area contributed by atoms with Gasteiger partial charge in [0, 0.05) is 25.4 Å². The van der Waals surface area contributed by atoms with Crippen molar-refractivity contribution in [2.75, 3.05) is 33.1 Å². The Kier molecular flexibility index (Phi) is 4.57. The monoisotopic (exact) mass is 352 g/mol. The van der Waals surface area contributed by atoms with E-state index in [1.165, 1.54) is 18.4 Å². The van der Waals surface area contributed by atoms with Crippen molar-refractivity contribution in [1.29, 1.82) is 0 Å². The van der Waals surface area contributed by atoms with Gasteiger partial charge in [0.1, 0.15) is 0 Å². The summed E-state index contributed by atoms with van der Waals surface area (Å²) < 4.78 is 30.7. The summed E-state index contributed by atoms with van der Waals surface area (Å²) in [5.41, 5.74) is 1.07. The number of rotatable bonds is 5. The van der Waals surface area contributed by atoms with Crippen molar-refractivity contribution in [3.05, 3.63) is 30.0 Å². The van der Waals surface area contributed by atoms with Gasteiger partial charge >= 0.3 is 0 Å². The summed E-state index contributed by atoms with van der Waals surface area (Å²) in [5.74, 6) is -0.687. The lowest BCUT2D eigenvalue weighted by molar-refractivity contribution is 0.0922. The van der Waals surface area contributed by atoms with Gasteiger partial charge < -0.3 is 10.1 Å². The summed E-state index contributed by atoms with van der Waals surface area (Å²) in [6.45, 7) is 0.598. The molecule has 8 nitrogen and oxygen atoms in total. The van der Waals surface area contributed by atoms with Crippen molar-refractivity contribution in [2.45, 2.75) is 6.04 Å². The molecule has 2 heterocycles. The number of aromatic amines is 1. The van der Waals surface area contributed by atoms with E-state index in [9.17, 15) is 13.2 Å². The zero-order valence-corrected chi connectivity index (χ0v) is 14.3. The molecule has 1 saturated heterocycles. The second-order valence-corrected chi connectivity index (χ2v) is 8.28. The molecule has 0 saturated carbocycles. The van der Waals surface area contributed by atoms with E-state index >= 15 is 0 Å². The van der Waals surface area contributed by atoms with E-state index in [-0.39, 0.29) is 23.6 Å². The average molecular weight is 352 g/mol. The molecule has 24 heavy (non-hydrogen) atoms. The molecule has 1 aliphatic rings. The number of aromatic nitrogens is 2. The normalized spacial score (nSPS) is 21.5. The summed E-state index contributed by atoms with van der Waals surface area (Å²) >= 11 is 0. The molecule has 0 radical (unpaired) electrons. The standard InChI is InChI=1S/C15H20N4O4S/c1-19(2)24(21,22)9-10-7-23-8-13(10)16-15(20)14-11-5-3-4-6-12(11)17-18-14/h3-6,10,13H,7-9H2,1-2H3,(H,16,20)(H,17,18)/t10-,13+/m0/s1. The number of fused-ring (bicyclic) bond motifs is 1. The van der Waals surface area contributed by atoms with Crippen LogP contribution in [-0.4, -0.2) is 67.9 Å². The predicted molar refractivity (Wildman–Crippen MR) is 89.1 cm³/mol. The van der Waals surface area contributed by atoms with E-state index in [4.69, 9.17) is 4.74 Å². The molecular weight excluding hydrogens is 332 g/mol. The molecule has 1 aromatic carbocycles. The van der Waals surface area contributed by atoms with Crippen LogP contribution in [0.4, 0.5) is 0 Å². The Hall–Kier alpha value is -1.97. The Morgan fingerprint density at radius 2 is 2.12 bits per heavy atom. The minimum absolute atomic E-state index is 0.0632.